The summed E-state index contributed by atoms with van der Waals surface area (Å²) >= 11 is 7.21. The van der Waals surface area contributed by atoms with E-state index in [1.807, 2.05) is 23.6 Å². The molecule has 2 aromatic carbocycles. The van der Waals surface area contributed by atoms with Crippen molar-refractivity contribution in [2.45, 2.75) is 25.5 Å². The molecule has 3 aromatic rings. The van der Waals surface area contributed by atoms with Crippen LogP contribution >= 0.6 is 23.4 Å². The highest BCUT2D eigenvalue weighted by atomic mass is 35.5. The summed E-state index contributed by atoms with van der Waals surface area (Å²) in [5, 5.41) is 23.3. The van der Waals surface area contributed by atoms with E-state index < -0.39 is 4.92 Å². The second kappa shape index (κ2) is 9.06. The SMILES string of the molecule is CCn1c(SCC(=O)Nc2ccc([N+](=O)[O-])cc2C)nnc1-c1ccc(Cl)cc1. The number of anilines is 1. The van der Waals surface area contributed by atoms with E-state index in [9.17, 15) is 14.9 Å². The molecule has 0 spiro atoms. The van der Waals surface area contributed by atoms with E-state index >= 15 is 0 Å². The van der Waals surface area contributed by atoms with Crippen molar-refractivity contribution in [2.24, 2.45) is 0 Å². The minimum atomic E-state index is -0.468. The molecule has 0 aliphatic heterocycles. The number of nitro benzene ring substituents is 1. The van der Waals surface area contributed by atoms with Crippen LogP contribution < -0.4 is 5.32 Å². The number of nitrogens with one attached hydrogen (secondary N) is 1. The summed E-state index contributed by atoms with van der Waals surface area (Å²) in [5.41, 5.74) is 2.04. The largest absolute Gasteiger partial charge is 0.325 e. The first-order valence-electron chi connectivity index (χ1n) is 8.76. The van der Waals surface area contributed by atoms with Crippen molar-refractivity contribution in [2.75, 3.05) is 11.1 Å². The number of amides is 1. The molecule has 150 valence electrons. The first-order chi connectivity index (χ1) is 13.9. The molecular weight excluding hydrogens is 414 g/mol. The number of hydrogen-bond donors (Lipinski definition) is 1. The third-order valence-corrected chi connectivity index (χ3v) is 5.38. The number of aromatic nitrogens is 3. The van der Waals surface area contributed by atoms with Gasteiger partial charge in [-0.25, -0.2) is 0 Å². The van der Waals surface area contributed by atoms with Gasteiger partial charge in [0.15, 0.2) is 11.0 Å². The number of halogens is 1. The van der Waals surface area contributed by atoms with E-state index in [-0.39, 0.29) is 17.3 Å². The molecule has 29 heavy (non-hydrogen) atoms. The predicted molar refractivity (Wildman–Crippen MR) is 113 cm³/mol. The molecule has 0 fully saturated rings. The molecule has 0 aliphatic carbocycles. The van der Waals surface area contributed by atoms with Gasteiger partial charge in [-0.15, -0.1) is 10.2 Å². The van der Waals surface area contributed by atoms with E-state index in [1.165, 1.54) is 30.0 Å². The van der Waals surface area contributed by atoms with E-state index in [1.54, 1.807) is 19.1 Å². The Morgan fingerprint density at radius 3 is 2.59 bits per heavy atom. The van der Waals surface area contributed by atoms with Gasteiger partial charge >= 0.3 is 0 Å². The first kappa shape index (κ1) is 20.8. The average Bonchev–Trinajstić information content (AvgIpc) is 3.11. The standard InChI is InChI=1S/C19H18ClN5O3S/c1-3-24-18(13-4-6-14(20)7-5-13)22-23-19(24)29-11-17(26)21-16-9-8-15(25(27)28)10-12(16)2/h4-10H,3,11H2,1-2H3,(H,21,26). The molecule has 1 heterocycles. The highest BCUT2D eigenvalue weighted by Crippen LogP contribution is 2.26. The number of thioether (sulfide) groups is 1. The lowest BCUT2D eigenvalue weighted by Crippen LogP contribution is -2.15. The van der Waals surface area contributed by atoms with Crippen molar-refractivity contribution in [3.05, 3.63) is 63.2 Å². The highest BCUT2D eigenvalue weighted by molar-refractivity contribution is 7.99. The third-order valence-electron chi connectivity index (χ3n) is 4.16. The van der Waals surface area contributed by atoms with Crippen LogP contribution in [0, 0.1) is 17.0 Å². The van der Waals surface area contributed by atoms with Crippen LogP contribution in [-0.4, -0.2) is 31.3 Å². The van der Waals surface area contributed by atoms with E-state index in [2.05, 4.69) is 15.5 Å². The normalized spacial score (nSPS) is 10.7. The predicted octanol–water partition coefficient (Wildman–Crippen LogP) is 4.57. The molecule has 1 aromatic heterocycles. The second-order valence-corrected chi connectivity index (χ2v) is 7.53. The van der Waals surface area contributed by atoms with Gasteiger partial charge in [0, 0.05) is 35.0 Å². The molecule has 8 nitrogen and oxygen atoms in total. The van der Waals surface area contributed by atoms with E-state index in [0.29, 0.717) is 33.8 Å². The summed E-state index contributed by atoms with van der Waals surface area (Å²) in [7, 11) is 0. The molecule has 3 rings (SSSR count). The second-order valence-electron chi connectivity index (χ2n) is 6.15. The van der Waals surface area contributed by atoms with Gasteiger partial charge in [-0.05, 0) is 49.7 Å². The number of carbonyl (C=O) groups is 1. The van der Waals surface area contributed by atoms with Crippen LogP contribution in [0.1, 0.15) is 12.5 Å². The van der Waals surface area contributed by atoms with Crippen LogP contribution in [0.4, 0.5) is 11.4 Å². The number of rotatable bonds is 7. The minimum Gasteiger partial charge on any atom is -0.325 e. The number of nitro groups is 1. The number of aryl methyl sites for hydroxylation is 1. The summed E-state index contributed by atoms with van der Waals surface area (Å²) in [5.74, 6) is 0.610. The van der Waals surface area contributed by atoms with E-state index in [0.717, 1.165) is 5.56 Å². The number of hydrogen-bond acceptors (Lipinski definition) is 6. The Morgan fingerprint density at radius 1 is 1.24 bits per heavy atom. The quantitative estimate of drug-likeness (QED) is 0.334. The van der Waals surface area contributed by atoms with Crippen molar-refractivity contribution in [1.82, 2.24) is 14.8 Å². The smallest absolute Gasteiger partial charge is 0.269 e. The van der Waals surface area contributed by atoms with Gasteiger partial charge in [0.25, 0.3) is 5.69 Å². The molecule has 0 radical (unpaired) electrons. The summed E-state index contributed by atoms with van der Waals surface area (Å²) in [6, 6.07) is 11.6. The number of nitrogens with zero attached hydrogens (tertiary/aromatic N) is 4. The maximum atomic E-state index is 12.3. The van der Waals surface area contributed by atoms with Gasteiger partial charge in [-0.1, -0.05) is 23.4 Å². The molecule has 0 saturated heterocycles. The Hall–Kier alpha value is -2.91. The zero-order chi connectivity index (χ0) is 21.0. The lowest BCUT2D eigenvalue weighted by atomic mass is 10.2. The van der Waals surface area contributed by atoms with Crippen LogP contribution in [0.15, 0.2) is 47.6 Å². The van der Waals surface area contributed by atoms with Crippen molar-refractivity contribution >= 4 is 40.6 Å². The monoisotopic (exact) mass is 431 g/mol. The fourth-order valence-electron chi connectivity index (χ4n) is 2.71. The van der Waals surface area contributed by atoms with Crippen LogP contribution in [0.3, 0.4) is 0 Å². The van der Waals surface area contributed by atoms with Gasteiger partial charge in [-0.2, -0.15) is 0 Å². The Labute approximate surface area is 176 Å². The van der Waals surface area contributed by atoms with Gasteiger partial charge in [0.2, 0.25) is 5.91 Å². The Morgan fingerprint density at radius 2 is 1.97 bits per heavy atom. The van der Waals surface area contributed by atoms with Crippen molar-refractivity contribution in [1.29, 1.82) is 0 Å². The van der Waals surface area contributed by atoms with Gasteiger partial charge in [-0.3, -0.25) is 14.9 Å². The highest BCUT2D eigenvalue weighted by Gasteiger charge is 2.15. The Kier molecular flexibility index (Phi) is 6.50. The lowest BCUT2D eigenvalue weighted by molar-refractivity contribution is -0.384. The lowest BCUT2D eigenvalue weighted by Gasteiger charge is -2.09. The maximum Gasteiger partial charge on any atom is 0.269 e. The zero-order valence-corrected chi connectivity index (χ0v) is 17.3. The summed E-state index contributed by atoms with van der Waals surface area (Å²) in [4.78, 5) is 22.7. The fraction of sp³-hybridized carbons (Fsp3) is 0.211. The topological polar surface area (TPSA) is 103 Å². The molecular formula is C19H18ClN5O3S. The van der Waals surface area contributed by atoms with Crippen molar-refractivity contribution in [3.8, 4) is 11.4 Å². The van der Waals surface area contributed by atoms with Crippen LogP contribution in [0.2, 0.25) is 5.02 Å². The Balaban J connectivity index is 1.68. The van der Waals surface area contributed by atoms with Gasteiger partial charge in [0.05, 0.1) is 10.7 Å². The molecule has 0 saturated carbocycles. The maximum absolute atomic E-state index is 12.3. The van der Waals surface area contributed by atoms with Crippen LogP contribution in [-0.2, 0) is 11.3 Å². The number of non-ortho nitro benzene ring substituents is 1. The van der Waals surface area contributed by atoms with E-state index in [4.69, 9.17) is 11.6 Å². The zero-order valence-electron chi connectivity index (χ0n) is 15.8. The third kappa shape index (κ3) is 4.93. The molecule has 1 amide bonds. The summed E-state index contributed by atoms with van der Waals surface area (Å²) in [6.45, 7) is 4.34. The van der Waals surface area contributed by atoms with Gasteiger partial charge < -0.3 is 9.88 Å². The molecule has 0 unspecified atom stereocenters. The van der Waals surface area contributed by atoms with Crippen molar-refractivity contribution < 1.29 is 9.72 Å². The molecule has 0 aliphatic rings. The van der Waals surface area contributed by atoms with Crippen LogP contribution in [0.25, 0.3) is 11.4 Å². The Bertz CT molecular complexity index is 1050. The molecule has 0 atom stereocenters. The number of benzene rings is 2. The summed E-state index contributed by atoms with van der Waals surface area (Å²) in [6.07, 6.45) is 0. The molecule has 10 heteroatoms. The average molecular weight is 432 g/mol. The summed E-state index contributed by atoms with van der Waals surface area (Å²) < 4.78 is 1.93. The first-order valence-corrected chi connectivity index (χ1v) is 10.1. The fourth-order valence-corrected chi connectivity index (χ4v) is 3.64. The molecule has 0 bridgehead atoms. The minimum absolute atomic E-state index is 0.0133. The molecule has 1 N–H and O–H groups in total. The van der Waals surface area contributed by atoms with Gasteiger partial charge in [0.1, 0.15) is 0 Å². The number of carbonyl (C=O) groups excluding carboxylic acids is 1. The van der Waals surface area contributed by atoms with Crippen molar-refractivity contribution in [3.63, 3.8) is 0 Å². The van der Waals surface area contributed by atoms with Crippen LogP contribution in [0.5, 0.6) is 0 Å².